The number of fused-ring (bicyclic) bond motifs is 7. The van der Waals surface area contributed by atoms with E-state index >= 15 is 0 Å². The Morgan fingerprint density at radius 1 is 0.386 bits per heavy atom. The van der Waals surface area contributed by atoms with Crippen molar-refractivity contribution >= 4 is 75.2 Å². The van der Waals surface area contributed by atoms with Gasteiger partial charge in [0.25, 0.3) is 0 Å². The molecule has 0 amide bonds. The topological polar surface area (TPSA) is 0 Å². The molecule has 0 aliphatic heterocycles. The molecule has 0 nitrogen and oxygen atoms in total. The Hall–Kier alpha value is -2.42. The Labute approximate surface area is 273 Å². The van der Waals surface area contributed by atoms with Gasteiger partial charge in [-0.05, 0) is 116 Å². The average molecular weight is 621 g/mol. The number of hydrogen-bond donors (Lipinski definition) is 0. The summed E-state index contributed by atoms with van der Waals surface area (Å²) in [6.45, 7) is 4.60. The third kappa shape index (κ3) is 7.34. The van der Waals surface area contributed by atoms with Gasteiger partial charge in [0.05, 0.1) is 0 Å². The van der Waals surface area contributed by atoms with Gasteiger partial charge in [0, 0.05) is 20.2 Å². The highest BCUT2D eigenvalue weighted by molar-refractivity contribution is 7.18. The molecule has 0 atom stereocenters. The van der Waals surface area contributed by atoms with Crippen molar-refractivity contribution in [1.29, 1.82) is 0 Å². The number of hydrogen-bond acceptors (Lipinski definition) is 2. The summed E-state index contributed by atoms with van der Waals surface area (Å²) in [5.41, 5.74) is 3.09. The highest BCUT2D eigenvalue weighted by Gasteiger charge is 2.13. The van der Waals surface area contributed by atoms with Crippen molar-refractivity contribution in [3.63, 3.8) is 0 Å². The van der Waals surface area contributed by atoms with Gasteiger partial charge in [-0.2, -0.15) is 0 Å². The van der Waals surface area contributed by atoms with Gasteiger partial charge >= 0.3 is 0 Å². The molecule has 0 spiro atoms. The van der Waals surface area contributed by atoms with Crippen molar-refractivity contribution < 1.29 is 0 Å². The predicted molar refractivity (Wildman–Crippen MR) is 202 cm³/mol. The summed E-state index contributed by atoms with van der Waals surface area (Å²) in [6, 6.07) is 19.7. The third-order valence-corrected chi connectivity index (χ3v) is 11.8. The van der Waals surface area contributed by atoms with E-state index < -0.39 is 0 Å². The molecule has 44 heavy (non-hydrogen) atoms. The molecule has 0 N–H and O–H groups in total. The van der Waals surface area contributed by atoms with Gasteiger partial charge in [-0.15, -0.1) is 22.7 Å². The van der Waals surface area contributed by atoms with E-state index in [1.54, 1.807) is 11.1 Å². The molecule has 2 heterocycles. The summed E-state index contributed by atoms with van der Waals surface area (Å²) in [5.74, 6) is 0. The lowest BCUT2D eigenvalue weighted by atomic mass is 9.93. The number of aryl methyl sites for hydroxylation is 2. The van der Waals surface area contributed by atoms with Crippen LogP contribution in [0.1, 0.15) is 128 Å². The van der Waals surface area contributed by atoms with Crippen LogP contribution in [0.4, 0.5) is 0 Å². The molecule has 0 bridgehead atoms. The number of benzene rings is 4. The first-order chi connectivity index (χ1) is 21.8. The number of thiophene rings is 2. The second kappa shape index (κ2) is 15.7. The minimum absolute atomic E-state index is 1.20. The van der Waals surface area contributed by atoms with Crippen molar-refractivity contribution in [2.75, 3.05) is 0 Å². The van der Waals surface area contributed by atoms with Gasteiger partial charge in [0.2, 0.25) is 0 Å². The molecule has 6 aromatic rings. The molecular formula is C42H52S2. The van der Waals surface area contributed by atoms with Crippen LogP contribution in [0.15, 0.2) is 59.3 Å². The Balaban J connectivity index is 1.22. The van der Waals surface area contributed by atoms with Crippen molar-refractivity contribution in [3.05, 3.63) is 70.4 Å². The van der Waals surface area contributed by atoms with Crippen LogP contribution in [0, 0.1) is 0 Å². The van der Waals surface area contributed by atoms with E-state index in [0.717, 1.165) is 0 Å². The molecule has 6 rings (SSSR count). The van der Waals surface area contributed by atoms with Crippen LogP contribution >= 0.6 is 22.7 Å². The molecule has 4 aromatic carbocycles. The molecule has 0 fully saturated rings. The largest absolute Gasteiger partial charge is 0.143 e. The Bertz CT molecular complexity index is 1670. The van der Waals surface area contributed by atoms with E-state index in [1.807, 2.05) is 22.7 Å². The van der Waals surface area contributed by atoms with E-state index in [0.29, 0.717) is 0 Å². The zero-order chi connectivity index (χ0) is 30.1. The standard InChI is InChI=1S/C42H52S2/c1-3-5-7-9-11-13-15-17-19-31-25-35-27-33-30-40-36(28-34(33)29-39(35)41-37(31)21-23-43-41)26-32(38-22-24-44-42(38)40)20-18-16-14-12-10-8-6-4-2/h21-30H,3-20H2,1-2H3. The van der Waals surface area contributed by atoms with Crippen LogP contribution in [0.2, 0.25) is 0 Å². The first-order valence-electron chi connectivity index (χ1n) is 18.0. The monoisotopic (exact) mass is 620 g/mol. The fourth-order valence-electron chi connectivity index (χ4n) is 7.40. The molecule has 0 aliphatic rings. The predicted octanol–water partition coefficient (Wildman–Crippen LogP) is 14.9. The van der Waals surface area contributed by atoms with Gasteiger partial charge in [0.15, 0.2) is 0 Å². The summed E-state index contributed by atoms with van der Waals surface area (Å²) in [6.07, 6.45) is 24.4. The highest BCUT2D eigenvalue weighted by atomic mass is 32.1. The zero-order valence-corrected chi connectivity index (χ0v) is 29.0. The number of rotatable bonds is 18. The van der Waals surface area contributed by atoms with Crippen LogP contribution in [-0.4, -0.2) is 0 Å². The molecule has 2 aromatic heterocycles. The van der Waals surface area contributed by atoms with Gasteiger partial charge in [0.1, 0.15) is 0 Å². The fraction of sp³-hybridized carbons (Fsp3) is 0.476. The maximum atomic E-state index is 2.52. The Kier molecular flexibility index (Phi) is 11.3. The van der Waals surface area contributed by atoms with Gasteiger partial charge in [-0.25, -0.2) is 0 Å². The maximum absolute atomic E-state index is 2.52. The molecule has 0 saturated heterocycles. The van der Waals surface area contributed by atoms with E-state index in [4.69, 9.17) is 0 Å². The van der Waals surface area contributed by atoms with E-state index in [-0.39, 0.29) is 0 Å². The molecular weight excluding hydrogens is 569 g/mol. The van der Waals surface area contributed by atoms with Crippen LogP contribution in [0.25, 0.3) is 52.5 Å². The second-order valence-corrected chi connectivity index (χ2v) is 15.2. The summed E-state index contributed by atoms with van der Waals surface area (Å²) in [7, 11) is 0. The van der Waals surface area contributed by atoms with Crippen molar-refractivity contribution in [3.8, 4) is 0 Å². The molecule has 0 radical (unpaired) electrons. The summed E-state index contributed by atoms with van der Waals surface area (Å²) >= 11 is 3.85. The lowest BCUT2D eigenvalue weighted by Gasteiger charge is -2.12. The molecule has 0 saturated carbocycles. The van der Waals surface area contributed by atoms with Crippen LogP contribution < -0.4 is 0 Å². The van der Waals surface area contributed by atoms with Crippen molar-refractivity contribution in [1.82, 2.24) is 0 Å². The first-order valence-corrected chi connectivity index (χ1v) is 19.7. The Morgan fingerprint density at radius 3 is 1.18 bits per heavy atom. The van der Waals surface area contributed by atoms with Crippen LogP contribution in [0.3, 0.4) is 0 Å². The molecule has 2 heteroatoms. The van der Waals surface area contributed by atoms with E-state index in [1.165, 1.54) is 168 Å². The van der Waals surface area contributed by atoms with Gasteiger partial charge in [-0.3, -0.25) is 0 Å². The smallest absolute Gasteiger partial charge is 0.0424 e. The number of unbranched alkanes of at least 4 members (excludes halogenated alkanes) is 14. The first kappa shape index (κ1) is 31.6. The minimum atomic E-state index is 1.20. The van der Waals surface area contributed by atoms with Crippen LogP contribution in [-0.2, 0) is 12.8 Å². The van der Waals surface area contributed by atoms with Gasteiger partial charge in [-0.1, -0.05) is 116 Å². The SMILES string of the molecule is CCCCCCCCCCc1cc2cc3cc4c(cc(CCCCCCCCCC)c5ccsc54)cc3cc2c2sccc12. The van der Waals surface area contributed by atoms with E-state index in [9.17, 15) is 0 Å². The third-order valence-electron chi connectivity index (χ3n) is 9.95. The lowest BCUT2D eigenvalue weighted by molar-refractivity contribution is 0.576. The normalized spacial score (nSPS) is 12.1. The van der Waals surface area contributed by atoms with Crippen molar-refractivity contribution in [2.45, 2.75) is 129 Å². The summed E-state index contributed by atoms with van der Waals surface area (Å²) in [5, 5.41) is 16.0. The highest BCUT2D eigenvalue weighted by Crippen LogP contribution is 2.39. The van der Waals surface area contributed by atoms with Crippen molar-refractivity contribution in [2.24, 2.45) is 0 Å². The zero-order valence-electron chi connectivity index (χ0n) is 27.3. The van der Waals surface area contributed by atoms with E-state index in [2.05, 4.69) is 73.1 Å². The maximum Gasteiger partial charge on any atom is 0.0424 e. The fourth-order valence-corrected chi connectivity index (χ4v) is 9.34. The Morgan fingerprint density at radius 2 is 0.773 bits per heavy atom. The van der Waals surface area contributed by atoms with Gasteiger partial charge < -0.3 is 0 Å². The lowest BCUT2D eigenvalue weighted by Crippen LogP contribution is -1.90. The average Bonchev–Trinajstić information content (AvgIpc) is 3.73. The molecule has 0 unspecified atom stereocenters. The second-order valence-electron chi connectivity index (χ2n) is 13.3. The molecule has 0 aliphatic carbocycles. The summed E-state index contributed by atoms with van der Waals surface area (Å²) < 4.78 is 2.95. The summed E-state index contributed by atoms with van der Waals surface area (Å²) in [4.78, 5) is 0. The molecule has 232 valence electrons. The quantitative estimate of drug-likeness (QED) is 0.0662. The minimum Gasteiger partial charge on any atom is -0.143 e. The van der Waals surface area contributed by atoms with Crippen LogP contribution in [0.5, 0.6) is 0 Å².